The van der Waals surface area contributed by atoms with E-state index in [0.29, 0.717) is 40.6 Å². The first-order valence-corrected chi connectivity index (χ1v) is 15.4. The van der Waals surface area contributed by atoms with Crippen LogP contribution in [0.1, 0.15) is 116 Å². The Balaban J connectivity index is 1.24. The molecule has 0 heterocycles. The first kappa shape index (κ1) is 27.8. The Labute approximate surface area is 231 Å². The molecule has 0 aromatic heterocycles. The molecule has 0 saturated heterocycles. The number of hydrogen-bond acceptors (Lipinski definition) is 3. The van der Waals surface area contributed by atoms with E-state index in [2.05, 4.69) is 33.6 Å². The first-order chi connectivity index (χ1) is 17.9. The van der Waals surface area contributed by atoms with Crippen LogP contribution in [0.25, 0.3) is 0 Å². The van der Waals surface area contributed by atoms with Crippen molar-refractivity contribution in [3.8, 4) is 12.3 Å². The van der Waals surface area contributed by atoms with E-state index in [1.807, 2.05) is 25.1 Å². The van der Waals surface area contributed by atoms with Gasteiger partial charge >= 0.3 is 5.97 Å². The molecule has 4 fully saturated rings. The van der Waals surface area contributed by atoms with E-state index >= 15 is 0 Å². The van der Waals surface area contributed by atoms with Gasteiger partial charge in [-0.2, -0.15) is 0 Å². The number of benzene rings is 1. The van der Waals surface area contributed by atoms with Gasteiger partial charge in [0.15, 0.2) is 5.60 Å². The Hall–Kier alpha value is -1.79. The number of ether oxygens (including phenoxy) is 1. The van der Waals surface area contributed by atoms with Crippen molar-refractivity contribution >= 4 is 5.97 Å². The molecule has 3 heteroatoms. The van der Waals surface area contributed by atoms with Gasteiger partial charge in [-0.25, -0.2) is 4.79 Å². The van der Waals surface area contributed by atoms with Crippen LogP contribution in [0.3, 0.4) is 0 Å². The number of rotatable bonds is 6. The average Bonchev–Trinajstić information content (AvgIpc) is 3.25. The Kier molecular flexibility index (Phi) is 7.30. The van der Waals surface area contributed by atoms with E-state index < -0.39 is 11.2 Å². The second kappa shape index (κ2) is 9.99. The molecule has 0 aliphatic heterocycles. The summed E-state index contributed by atoms with van der Waals surface area (Å²) in [4.78, 5) is 12.7. The molecular formula is C35H50O3. The van der Waals surface area contributed by atoms with E-state index in [9.17, 15) is 9.90 Å². The lowest BCUT2D eigenvalue weighted by atomic mass is 9.43. The van der Waals surface area contributed by atoms with Gasteiger partial charge in [-0.15, -0.1) is 6.42 Å². The van der Waals surface area contributed by atoms with Gasteiger partial charge in [-0.05, 0) is 143 Å². The summed E-state index contributed by atoms with van der Waals surface area (Å²) in [6.45, 7) is 11.6. The van der Waals surface area contributed by atoms with Crippen LogP contribution in [0.15, 0.2) is 30.3 Å². The average molecular weight is 519 g/mol. The zero-order valence-corrected chi connectivity index (χ0v) is 24.5. The second-order valence-electron chi connectivity index (χ2n) is 14.7. The van der Waals surface area contributed by atoms with E-state index in [1.165, 1.54) is 44.9 Å². The lowest BCUT2D eigenvalue weighted by molar-refractivity contribution is -0.148. The summed E-state index contributed by atoms with van der Waals surface area (Å²) in [7, 11) is 0. The molecule has 10 unspecified atom stereocenters. The third-order valence-electron chi connectivity index (χ3n) is 12.4. The molecule has 4 aliphatic rings. The molecular weight excluding hydrogens is 468 g/mol. The monoisotopic (exact) mass is 518 g/mol. The van der Waals surface area contributed by atoms with Crippen molar-refractivity contribution in [3.05, 3.63) is 35.9 Å². The predicted octanol–water partition coefficient (Wildman–Crippen LogP) is 8.06. The van der Waals surface area contributed by atoms with Gasteiger partial charge in [-0.3, -0.25) is 0 Å². The quantitative estimate of drug-likeness (QED) is 0.306. The van der Waals surface area contributed by atoms with E-state index in [-0.39, 0.29) is 5.97 Å². The van der Waals surface area contributed by atoms with Crippen molar-refractivity contribution in [2.75, 3.05) is 0 Å². The van der Waals surface area contributed by atoms with Crippen LogP contribution < -0.4 is 0 Å². The predicted molar refractivity (Wildman–Crippen MR) is 153 cm³/mol. The topological polar surface area (TPSA) is 46.5 Å². The minimum atomic E-state index is -0.882. The molecule has 4 aliphatic carbocycles. The lowest BCUT2D eigenvalue weighted by Gasteiger charge is -2.62. The Morgan fingerprint density at radius 1 is 1.05 bits per heavy atom. The molecule has 1 aromatic carbocycles. The third-order valence-corrected chi connectivity index (χ3v) is 12.4. The van der Waals surface area contributed by atoms with Crippen molar-refractivity contribution < 1.29 is 14.6 Å². The highest BCUT2D eigenvalue weighted by atomic mass is 16.6. The molecule has 208 valence electrons. The van der Waals surface area contributed by atoms with Gasteiger partial charge in [0.2, 0.25) is 0 Å². The zero-order chi connectivity index (χ0) is 27.3. The summed E-state index contributed by atoms with van der Waals surface area (Å²) in [6, 6.07) is 9.15. The third kappa shape index (κ3) is 4.85. The number of fused-ring (bicyclic) bond motifs is 5. The molecule has 0 spiro atoms. The molecule has 38 heavy (non-hydrogen) atoms. The van der Waals surface area contributed by atoms with Gasteiger partial charge in [-0.1, -0.05) is 44.9 Å². The van der Waals surface area contributed by atoms with Gasteiger partial charge in [0.1, 0.15) is 0 Å². The van der Waals surface area contributed by atoms with Crippen molar-refractivity contribution in [1.29, 1.82) is 0 Å². The van der Waals surface area contributed by atoms with Crippen LogP contribution in [-0.2, 0) is 4.74 Å². The molecule has 0 amide bonds. The van der Waals surface area contributed by atoms with Gasteiger partial charge < -0.3 is 9.84 Å². The van der Waals surface area contributed by atoms with Crippen molar-refractivity contribution in [2.24, 2.45) is 46.3 Å². The van der Waals surface area contributed by atoms with Crippen molar-refractivity contribution in [1.82, 2.24) is 0 Å². The Morgan fingerprint density at radius 2 is 1.76 bits per heavy atom. The molecule has 0 bridgehead atoms. The summed E-state index contributed by atoms with van der Waals surface area (Å²) in [5, 5.41) is 10.8. The summed E-state index contributed by atoms with van der Waals surface area (Å²) < 4.78 is 5.87. The maximum absolute atomic E-state index is 12.7. The zero-order valence-electron chi connectivity index (χ0n) is 24.5. The maximum atomic E-state index is 12.7. The molecule has 5 rings (SSSR count). The number of aliphatic hydroxyl groups is 1. The normalized spacial score (nSPS) is 42.5. The van der Waals surface area contributed by atoms with Gasteiger partial charge in [0.05, 0.1) is 11.2 Å². The summed E-state index contributed by atoms with van der Waals surface area (Å²) in [6.07, 6.45) is 18.8. The molecule has 10 atom stereocenters. The minimum absolute atomic E-state index is 0.335. The van der Waals surface area contributed by atoms with Gasteiger partial charge in [0.25, 0.3) is 0 Å². The summed E-state index contributed by atoms with van der Waals surface area (Å²) >= 11 is 0. The molecule has 0 radical (unpaired) electrons. The van der Waals surface area contributed by atoms with E-state index in [1.54, 1.807) is 12.1 Å². The number of esters is 1. The fourth-order valence-electron chi connectivity index (χ4n) is 10.1. The number of carbonyl (C=O) groups excluding carboxylic acids is 1. The van der Waals surface area contributed by atoms with E-state index in [0.717, 1.165) is 37.0 Å². The maximum Gasteiger partial charge on any atom is 0.339 e. The number of hydrogen-bond donors (Lipinski definition) is 1. The number of terminal acetylenes is 1. The first-order valence-electron chi connectivity index (χ1n) is 15.4. The van der Waals surface area contributed by atoms with Crippen LogP contribution in [-0.4, -0.2) is 22.3 Å². The fraction of sp³-hybridized carbons (Fsp3) is 0.743. The minimum Gasteiger partial charge on any atom is -0.443 e. The van der Waals surface area contributed by atoms with Crippen LogP contribution in [0.2, 0.25) is 0 Å². The Morgan fingerprint density at radius 3 is 2.47 bits per heavy atom. The smallest absolute Gasteiger partial charge is 0.339 e. The standard InChI is InChI=1S/C35H50O3/c1-7-33(4,38-31(36)25-11-9-8-10-12-25)19-17-24(2)28-15-16-29-27-14-13-26-23-32(3,37)21-22-34(26,5)30(27)18-20-35(28,29)6/h1,8-12,24,26-30,37H,13-23H2,2-6H3. The summed E-state index contributed by atoms with van der Waals surface area (Å²) in [5.74, 6) is 6.91. The van der Waals surface area contributed by atoms with Crippen LogP contribution in [0.4, 0.5) is 0 Å². The van der Waals surface area contributed by atoms with Crippen molar-refractivity contribution in [2.45, 2.75) is 116 Å². The largest absolute Gasteiger partial charge is 0.443 e. The highest BCUT2D eigenvalue weighted by molar-refractivity contribution is 5.89. The van der Waals surface area contributed by atoms with Crippen LogP contribution in [0, 0.1) is 58.7 Å². The molecule has 3 nitrogen and oxygen atoms in total. The van der Waals surface area contributed by atoms with Gasteiger partial charge in [0, 0.05) is 0 Å². The highest BCUT2D eigenvalue weighted by Gasteiger charge is 2.61. The van der Waals surface area contributed by atoms with E-state index in [4.69, 9.17) is 11.2 Å². The molecule has 1 N–H and O–H groups in total. The van der Waals surface area contributed by atoms with Crippen molar-refractivity contribution in [3.63, 3.8) is 0 Å². The molecule has 4 saturated carbocycles. The SMILES string of the molecule is C#CC(C)(CCC(C)C1CCC2C3CCC4CC(C)(O)CCC4(C)C3CCC12C)OC(=O)c1ccccc1. The Bertz CT molecular complexity index is 1050. The van der Waals surface area contributed by atoms with Crippen LogP contribution >= 0.6 is 0 Å². The number of carbonyl (C=O) groups is 1. The summed E-state index contributed by atoms with van der Waals surface area (Å²) in [5.41, 5.74) is 0.0171. The second-order valence-corrected chi connectivity index (χ2v) is 14.7. The highest BCUT2D eigenvalue weighted by Crippen LogP contribution is 2.68. The lowest BCUT2D eigenvalue weighted by Crippen LogP contribution is -2.55. The molecule has 1 aromatic rings. The van der Waals surface area contributed by atoms with Crippen LogP contribution in [0.5, 0.6) is 0 Å². The fourth-order valence-corrected chi connectivity index (χ4v) is 10.1.